The molecule has 0 saturated heterocycles. The highest BCUT2D eigenvalue weighted by molar-refractivity contribution is 7.99. The van der Waals surface area contributed by atoms with Gasteiger partial charge in [-0.05, 0) is 48.5 Å². The molecule has 184 valence electrons. The number of ether oxygens (including phenoxy) is 3. The second-order valence-corrected chi connectivity index (χ2v) is 8.35. The number of esters is 1. The van der Waals surface area contributed by atoms with Gasteiger partial charge >= 0.3 is 5.97 Å². The van der Waals surface area contributed by atoms with E-state index in [1.165, 1.54) is 18.9 Å². The van der Waals surface area contributed by atoms with Crippen LogP contribution in [0.15, 0.2) is 84.0 Å². The number of hydrogen-bond donors (Lipinski definition) is 1. The maximum Gasteiger partial charge on any atom is 0.339 e. The topological polar surface area (TPSA) is 105 Å². The van der Waals surface area contributed by atoms with E-state index in [1.807, 2.05) is 59.2 Å². The molecule has 36 heavy (non-hydrogen) atoms. The Labute approximate surface area is 212 Å². The fourth-order valence-corrected chi connectivity index (χ4v) is 4.11. The molecule has 0 aliphatic carbocycles. The molecule has 4 aromatic rings. The van der Waals surface area contributed by atoms with Gasteiger partial charge in [-0.15, -0.1) is 10.2 Å². The van der Waals surface area contributed by atoms with E-state index in [0.29, 0.717) is 22.4 Å². The second-order valence-electron chi connectivity index (χ2n) is 7.41. The summed E-state index contributed by atoms with van der Waals surface area (Å²) in [6.07, 6.45) is 0. The number of para-hydroxylation sites is 2. The van der Waals surface area contributed by atoms with Crippen LogP contribution in [0, 0.1) is 0 Å². The minimum atomic E-state index is -0.524. The van der Waals surface area contributed by atoms with E-state index in [1.54, 1.807) is 31.4 Å². The van der Waals surface area contributed by atoms with Crippen molar-refractivity contribution in [1.29, 1.82) is 0 Å². The Morgan fingerprint density at radius 2 is 1.58 bits per heavy atom. The summed E-state index contributed by atoms with van der Waals surface area (Å²) in [5.74, 6) is 1.21. The fraction of sp³-hybridized carbons (Fsp3) is 0.154. The standard InChI is InChI=1S/C26H24N4O5S/c1-33-19-12-14-20(15-13-19)35-16-23-28-29-26(30(23)18-8-4-3-5-9-18)36-17-24(31)27-22-11-7-6-10-21(22)25(32)34-2/h3-15H,16-17H2,1-2H3,(H,27,31). The first-order valence-corrected chi connectivity index (χ1v) is 11.9. The van der Waals surface area contributed by atoms with Crippen LogP contribution in [0.1, 0.15) is 16.2 Å². The third-order valence-corrected chi connectivity index (χ3v) is 6.01. The van der Waals surface area contributed by atoms with E-state index in [2.05, 4.69) is 15.5 Å². The van der Waals surface area contributed by atoms with Crippen LogP contribution in [0.25, 0.3) is 5.69 Å². The van der Waals surface area contributed by atoms with Crippen molar-refractivity contribution in [3.63, 3.8) is 0 Å². The molecule has 1 amide bonds. The number of carbonyl (C=O) groups excluding carboxylic acids is 2. The second kappa shape index (κ2) is 11.9. The van der Waals surface area contributed by atoms with E-state index >= 15 is 0 Å². The summed E-state index contributed by atoms with van der Waals surface area (Å²) in [5.41, 5.74) is 1.51. The number of amides is 1. The van der Waals surface area contributed by atoms with Crippen LogP contribution in [-0.2, 0) is 16.1 Å². The van der Waals surface area contributed by atoms with Gasteiger partial charge in [-0.25, -0.2) is 4.79 Å². The number of carbonyl (C=O) groups is 2. The van der Waals surface area contributed by atoms with Crippen LogP contribution in [0.2, 0.25) is 0 Å². The molecule has 0 aliphatic heterocycles. The van der Waals surface area contributed by atoms with E-state index in [-0.39, 0.29) is 23.8 Å². The van der Waals surface area contributed by atoms with Crippen molar-refractivity contribution in [1.82, 2.24) is 14.8 Å². The molecule has 0 spiro atoms. The molecule has 0 unspecified atom stereocenters. The number of nitrogens with one attached hydrogen (secondary N) is 1. The van der Waals surface area contributed by atoms with Gasteiger partial charge in [-0.3, -0.25) is 9.36 Å². The molecule has 4 rings (SSSR count). The molecule has 0 saturated carbocycles. The summed E-state index contributed by atoms with van der Waals surface area (Å²) in [4.78, 5) is 24.7. The summed E-state index contributed by atoms with van der Waals surface area (Å²) in [6.45, 7) is 0.174. The third kappa shape index (κ3) is 6.02. The molecular weight excluding hydrogens is 480 g/mol. The summed E-state index contributed by atoms with van der Waals surface area (Å²) >= 11 is 1.23. The van der Waals surface area contributed by atoms with Crippen LogP contribution in [0.4, 0.5) is 5.69 Å². The van der Waals surface area contributed by atoms with Gasteiger partial charge in [0.25, 0.3) is 0 Å². The van der Waals surface area contributed by atoms with E-state index < -0.39 is 5.97 Å². The maximum atomic E-state index is 12.7. The average Bonchev–Trinajstić information content (AvgIpc) is 3.34. The highest BCUT2D eigenvalue weighted by atomic mass is 32.2. The van der Waals surface area contributed by atoms with Crippen molar-refractivity contribution < 1.29 is 23.8 Å². The molecule has 0 fully saturated rings. The number of nitrogens with zero attached hydrogens (tertiary/aromatic N) is 3. The van der Waals surface area contributed by atoms with E-state index in [0.717, 1.165) is 11.4 Å². The molecular formula is C26H24N4O5S. The van der Waals surface area contributed by atoms with Crippen LogP contribution in [-0.4, -0.2) is 46.6 Å². The third-order valence-electron chi connectivity index (χ3n) is 5.08. The SMILES string of the molecule is COC(=O)c1ccccc1NC(=O)CSc1nnc(COc2ccc(OC)cc2)n1-c1ccccc1. The molecule has 1 aromatic heterocycles. The lowest BCUT2D eigenvalue weighted by Crippen LogP contribution is -2.17. The molecule has 0 aliphatic rings. The highest BCUT2D eigenvalue weighted by Crippen LogP contribution is 2.24. The fourth-order valence-electron chi connectivity index (χ4n) is 3.34. The Morgan fingerprint density at radius 3 is 2.31 bits per heavy atom. The number of hydrogen-bond acceptors (Lipinski definition) is 8. The lowest BCUT2D eigenvalue weighted by molar-refractivity contribution is -0.113. The van der Waals surface area contributed by atoms with Gasteiger partial charge in [0, 0.05) is 5.69 Å². The zero-order chi connectivity index (χ0) is 25.3. The normalized spacial score (nSPS) is 10.5. The van der Waals surface area contributed by atoms with E-state index in [9.17, 15) is 9.59 Å². The molecule has 0 bridgehead atoms. The Kier molecular flexibility index (Phi) is 8.20. The highest BCUT2D eigenvalue weighted by Gasteiger charge is 2.18. The van der Waals surface area contributed by atoms with Gasteiger partial charge in [0.15, 0.2) is 11.0 Å². The zero-order valence-corrected chi connectivity index (χ0v) is 20.5. The Bertz CT molecular complexity index is 1330. The molecule has 10 heteroatoms. The monoisotopic (exact) mass is 504 g/mol. The summed E-state index contributed by atoms with van der Waals surface area (Å²) in [6, 6.07) is 23.5. The van der Waals surface area contributed by atoms with Crippen LogP contribution in [0.5, 0.6) is 11.5 Å². The molecule has 1 heterocycles. The smallest absolute Gasteiger partial charge is 0.339 e. The first-order chi connectivity index (χ1) is 17.6. The quantitative estimate of drug-likeness (QED) is 0.251. The predicted molar refractivity (Wildman–Crippen MR) is 136 cm³/mol. The molecule has 0 radical (unpaired) electrons. The van der Waals surface area contributed by atoms with Crippen LogP contribution in [0.3, 0.4) is 0 Å². The maximum absolute atomic E-state index is 12.7. The lowest BCUT2D eigenvalue weighted by Gasteiger charge is -2.12. The minimum Gasteiger partial charge on any atom is -0.497 e. The minimum absolute atomic E-state index is 0.0554. The van der Waals surface area contributed by atoms with Crippen molar-refractivity contribution in [2.24, 2.45) is 0 Å². The Hall–Kier alpha value is -4.31. The van der Waals surface area contributed by atoms with Gasteiger partial charge in [0.05, 0.1) is 31.2 Å². The van der Waals surface area contributed by atoms with Gasteiger partial charge in [0.1, 0.15) is 18.1 Å². The number of anilines is 1. The summed E-state index contributed by atoms with van der Waals surface area (Å²) < 4.78 is 17.7. The molecule has 1 N–H and O–H groups in total. The predicted octanol–water partition coefficient (Wildman–Crippen LogP) is 4.37. The van der Waals surface area contributed by atoms with Crippen LogP contribution < -0.4 is 14.8 Å². The largest absolute Gasteiger partial charge is 0.497 e. The molecule has 3 aromatic carbocycles. The number of rotatable bonds is 10. The van der Waals surface area contributed by atoms with E-state index in [4.69, 9.17) is 14.2 Å². The average molecular weight is 505 g/mol. The summed E-state index contributed by atoms with van der Waals surface area (Å²) in [7, 11) is 2.90. The van der Waals surface area contributed by atoms with Crippen molar-refractivity contribution >= 4 is 29.3 Å². The first kappa shape index (κ1) is 24.8. The number of thioether (sulfide) groups is 1. The van der Waals surface area contributed by atoms with Gasteiger partial charge < -0.3 is 19.5 Å². The van der Waals surface area contributed by atoms with Gasteiger partial charge in [0.2, 0.25) is 5.91 Å². The molecule has 9 nitrogen and oxygen atoms in total. The van der Waals surface area contributed by atoms with Gasteiger partial charge in [-0.2, -0.15) is 0 Å². The van der Waals surface area contributed by atoms with Crippen LogP contribution >= 0.6 is 11.8 Å². The lowest BCUT2D eigenvalue weighted by atomic mass is 10.2. The Balaban J connectivity index is 1.48. The van der Waals surface area contributed by atoms with Crippen molar-refractivity contribution in [2.75, 3.05) is 25.3 Å². The first-order valence-electron chi connectivity index (χ1n) is 11.0. The van der Waals surface area contributed by atoms with Crippen molar-refractivity contribution in [2.45, 2.75) is 11.8 Å². The Morgan fingerprint density at radius 1 is 0.889 bits per heavy atom. The van der Waals surface area contributed by atoms with Crippen molar-refractivity contribution in [3.05, 3.63) is 90.3 Å². The van der Waals surface area contributed by atoms with Crippen molar-refractivity contribution in [3.8, 4) is 17.2 Å². The summed E-state index contributed by atoms with van der Waals surface area (Å²) in [5, 5.41) is 11.9. The number of aromatic nitrogens is 3. The molecule has 0 atom stereocenters. The number of benzene rings is 3. The zero-order valence-electron chi connectivity index (χ0n) is 19.7. The number of methoxy groups -OCH3 is 2. The van der Waals surface area contributed by atoms with Gasteiger partial charge in [-0.1, -0.05) is 42.1 Å².